The molecule has 0 saturated carbocycles. The second kappa shape index (κ2) is 7.81. The summed E-state index contributed by atoms with van der Waals surface area (Å²) >= 11 is 0. The first kappa shape index (κ1) is 14.6. The summed E-state index contributed by atoms with van der Waals surface area (Å²) in [5.74, 6) is 0.0951. The van der Waals surface area contributed by atoms with Gasteiger partial charge in [0, 0.05) is 25.8 Å². The fraction of sp³-hybridized carbons (Fsp3) is 0.462. The number of ether oxygens (including phenoxy) is 1. The number of aromatic hydroxyl groups is 1. The van der Waals surface area contributed by atoms with Crippen LogP contribution < -0.4 is 0 Å². The van der Waals surface area contributed by atoms with E-state index in [0.29, 0.717) is 25.3 Å². The molecule has 2 N–H and O–H groups in total. The zero-order valence-corrected chi connectivity index (χ0v) is 10.5. The molecule has 0 aliphatic rings. The molecule has 0 spiro atoms. The second-order valence-electron chi connectivity index (χ2n) is 3.96. The van der Waals surface area contributed by atoms with E-state index in [-0.39, 0.29) is 24.7 Å². The van der Waals surface area contributed by atoms with Crippen LogP contribution in [0.2, 0.25) is 0 Å². The first-order valence-corrected chi connectivity index (χ1v) is 5.81. The number of Topliss-reactive ketones (excluding diaryl/α,β-unsaturated/α-hetero) is 1. The van der Waals surface area contributed by atoms with Gasteiger partial charge in [-0.05, 0) is 24.3 Å². The molecule has 0 aromatic heterocycles. The van der Waals surface area contributed by atoms with Crippen molar-refractivity contribution in [2.24, 2.45) is 0 Å². The molecule has 5 nitrogen and oxygen atoms in total. The van der Waals surface area contributed by atoms with Crippen LogP contribution in [0, 0.1) is 0 Å². The largest absolute Gasteiger partial charge is 0.508 e. The summed E-state index contributed by atoms with van der Waals surface area (Å²) in [7, 11) is 1.60. The third kappa shape index (κ3) is 4.83. The third-order valence-corrected chi connectivity index (χ3v) is 2.58. The van der Waals surface area contributed by atoms with Crippen molar-refractivity contribution in [1.82, 2.24) is 4.90 Å². The average Bonchev–Trinajstić information content (AvgIpc) is 2.37. The van der Waals surface area contributed by atoms with E-state index in [2.05, 4.69) is 0 Å². The lowest BCUT2D eigenvalue weighted by atomic mass is 10.1. The Hall–Kier alpha value is -1.43. The number of rotatable bonds is 8. The lowest BCUT2D eigenvalue weighted by Gasteiger charge is -2.19. The highest BCUT2D eigenvalue weighted by atomic mass is 16.5. The molecule has 1 aromatic carbocycles. The number of aliphatic hydroxyl groups excluding tert-OH is 1. The molecule has 0 saturated heterocycles. The Kier molecular flexibility index (Phi) is 6.35. The fourth-order valence-electron chi connectivity index (χ4n) is 1.57. The molecule has 0 bridgehead atoms. The number of ketones is 1. The third-order valence-electron chi connectivity index (χ3n) is 2.58. The molecule has 100 valence electrons. The van der Waals surface area contributed by atoms with E-state index < -0.39 is 0 Å². The Morgan fingerprint density at radius 1 is 1.28 bits per heavy atom. The molecule has 0 atom stereocenters. The van der Waals surface area contributed by atoms with Crippen LogP contribution in [0.15, 0.2) is 24.3 Å². The molecule has 18 heavy (non-hydrogen) atoms. The molecule has 0 radical (unpaired) electrons. The molecule has 0 heterocycles. The van der Waals surface area contributed by atoms with Crippen molar-refractivity contribution in [2.75, 3.05) is 40.0 Å². The average molecular weight is 253 g/mol. The predicted octanol–water partition coefficient (Wildman–Crippen LogP) is 0.516. The fourth-order valence-corrected chi connectivity index (χ4v) is 1.57. The lowest BCUT2D eigenvalue weighted by Crippen LogP contribution is -2.35. The van der Waals surface area contributed by atoms with Crippen molar-refractivity contribution < 1.29 is 19.7 Å². The van der Waals surface area contributed by atoms with Gasteiger partial charge in [0.2, 0.25) is 0 Å². The van der Waals surface area contributed by atoms with Gasteiger partial charge in [-0.25, -0.2) is 0 Å². The van der Waals surface area contributed by atoms with E-state index in [1.165, 1.54) is 12.1 Å². The van der Waals surface area contributed by atoms with Crippen molar-refractivity contribution in [3.63, 3.8) is 0 Å². The van der Waals surface area contributed by atoms with Gasteiger partial charge in [-0.3, -0.25) is 9.69 Å². The maximum absolute atomic E-state index is 12.0. The van der Waals surface area contributed by atoms with Gasteiger partial charge in [0.1, 0.15) is 5.75 Å². The minimum Gasteiger partial charge on any atom is -0.508 e. The summed E-state index contributed by atoms with van der Waals surface area (Å²) in [4.78, 5) is 13.8. The van der Waals surface area contributed by atoms with E-state index in [0.717, 1.165) is 0 Å². The van der Waals surface area contributed by atoms with Crippen LogP contribution in [0.3, 0.4) is 0 Å². The normalized spacial score (nSPS) is 10.8. The summed E-state index contributed by atoms with van der Waals surface area (Å²) in [5.41, 5.74) is 0.549. The van der Waals surface area contributed by atoms with Crippen LogP contribution in [-0.4, -0.2) is 60.9 Å². The number of aliphatic hydroxyl groups is 1. The van der Waals surface area contributed by atoms with Crippen LogP contribution in [0.4, 0.5) is 0 Å². The molecule has 0 aliphatic carbocycles. The summed E-state index contributed by atoms with van der Waals surface area (Å²) in [6, 6.07) is 6.15. The van der Waals surface area contributed by atoms with Crippen LogP contribution in [0.1, 0.15) is 10.4 Å². The van der Waals surface area contributed by atoms with Crippen LogP contribution >= 0.6 is 0 Å². The molecular formula is C13H19NO4. The Bertz CT molecular complexity index is 364. The van der Waals surface area contributed by atoms with Crippen molar-refractivity contribution >= 4 is 5.78 Å². The SMILES string of the molecule is COCCN(CCO)CC(=O)c1ccc(O)cc1. The molecule has 0 unspecified atom stereocenters. The van der Waals surface area contributed by atoms with E-state index in [1.54, 1.807) is 19.2 Å². The highest BCUT2D eigenvalue weighted by molar-refractivity contribution is 5.97. The van der Waals surface area contributed by atoms with Gasteiger partial charge in [0.25, 0.3) is 0 Å². The second-order valence-corrected chi connectivity index (χ2v) is 3.96. The Labute approximate surface area is 107 Å². The molecule has 0 amide bonds. The highest BCUT2D eigenvalue weighted by Gasteiger charge is 2.12. The summed E-state index contributed by atoms with van der Waals surface area (Å²) in [6.45, 7) is 1.79. The van der Waals surface area contributed by atoms with E-state index in [4.69, 9.17) is 14.9 Å². The van der Waals surface area contributed by atoms with Crippen LogP contribution in [-0.2, 0) is 4.74 Å². The topological polar surface area (TPSA) is 70.0 Å². The zero-order valence-electron chi connectivity index (χ0n) is 10.5. The minimum absolute atomic E-state index is 0.00652. The van der Waals surface area contributed by atoms with Gasteiger partial charge in [0.05, 0.1) is 19.8 Å². The number of carbonyl (C=O) groups excluding carboxylic acids is 1. The molecule has 0 fully saturated rings. The van der Waals surface area contributed by atoms with E-state index >= 15 is 0 Å². The van der Waals surface area contributed by atoms with Crippen LogP contribution in [0.25, 0.3) is 0 Å². The number of hydrogen-bond acceptors (Lipinski definition) is 5. The number of carbonyl (C=O) groups is 1. The number of hydrogen-bond donors (Lipinski definition) is 2. The number of nitrogens with zero attached hydrogens (tertiary/aromatic N) is 1. The maximum atomic E-state index is 12.0. The Balaban J connectivity index is 2.56. The molecule has 5 heteroatoms. The standard InChI is InChI=1S/C13H19NO4/c1-18-9-7-14(6-8-15)10-13(17)11-2-4-12(16)5-3-11/h2-5,15-16H,6-10H2,1H3. The molecular weight excluding hydrogens is 234 g/mol. The van der Waals surface area contributed by atoms with E-state index in [9.17, 15) is 4.79 Å². The smallest absolute Gasteiger partial charge is 0.176 e. The maximum Gasteiger partial charge on any atom is 0.176 e. The van der Waals surface area contributed by atoms with Gasteiger partial charge >= 0.3 is 0 Å². The number of benzene rings is 1. The number of methoxy groups -OCH3 is 1. The summed E-state index contributed by atoms with van der Waals surface area (Å²) < 4.78 is 4.95. The van der Waals surface area contributed by atoms with Gasteiger partial charge in [0.15, 0.2) is 5.78 Å². The summed E-state index contributed by atoms with van der Waals surface area (Å²) in [6.07, 6.45) is 0. The first-order chi connectivity index (χ1) is 8.67. The highest BCUT2D eigenvalue weighted by Crippen LogP contribution is 2.10. The van der Waals surface area contributed by atoms with Crippen molar-refractivity contribution in [2.45, 2.75) is 0 Å². The van der Waals surface area contributed by atoms with Gasteiger partial charge in [-0.2, -0.15) is 0 Å². The van der Waals surface area contributed by atoms with Gasteiger partial charge in [-0.1, -0.05) is 0 Å². The molecule has 1 rings (SSSR count). The Morgan fingerprint density at radius 3 is 2.50 bits per heavy atom. The van der Waals surface area contributed by atoms with E-state index in [1.807, 2.05) is 4.90 Å². The zero-order chi connectivity index (χ0) is 13.4. The number of phenols is 1. The minimum atomic E-state index is -0.0421. The van der Waals surface area contributed by atoms with Gasteiger partial charge in [-0.15, -0.1) is 0 Å². The number of phenolic OH excluding ortho intramolecular Hbond substituents is 1. The first-order valence-electron chi connectivity index (χ1n) is 5.81. The Morgan fingerprint density at radius 2 is 1.94 bits per heavy atom. The van der Waals surface area contributed by atoms with Crippen molar-refractivity contribution in [1.29, 1.82) is 0 Å². The van der Waals surface area contributed by atoms with Crippen molar-refractivity contribution in [3.05, 3.63) is 29.8 Å². The van der Waals surface area contributed by atoms with Gasteiger partial charge < -0.3 is 14.9 Å². The summed E-state index contributed by atoms with van der Waals surface area (Å²) in [5, 5.41) is 18.1. The predicted molar refractivity (Wildman–Crippen MR) is 67.8 cm³/mol. The molecule has 1 aromatic rings. The van der Waals surface area contributed by atoms with Crippen molar-refractivity contribution in [3.8, 4) is 5.75 Å². The quantitative estimate of drug-likeness (QED) is 0.661. The molecule has 0 aliphatic heterocycles. The van der Waals surface area contributed by atoms with Crippen LogP contribution in [0.5, 0.6) is 5.75 Å². The monoisotopic (exact) mass is 253 g/mol. The lowest BCUT2D eigenvalue weighted by molar-refractivity contribution is 0.0868.